The highest BCUT2D eigenvalue weighted by atomic mass is 16.5. The number of aliphatic hydroxyl groups is 1. The van der Waals surface area contributed by atoms with Gasteiger partial charge in [0, 0.05) is 36.9 Å². The lowest BCUT2D eigenvalue weighted by Gasteiger charge is -2.25. The average molecular weight is 458 g/mol. The molecule has 7 heteroatoms. The summed E-state index contributed by atoms with van der Waals surface area (Å²) in [5.74, 6) is -0.887. The average Bonchev–Trinajstić information content (AvgIpc) is 3.11. The minimum absolute atomic E-state index is 0.0425. The van der Waals surface area contributed by atoms with Gasteiger partial charge in [-0.2, -0.15) is 0 Å². The Kier molecular flexibility index (Phi) is 7.01. The maximum atomic E-state index is 13.2. The number of unbranched alkanes of at least 4 members (excludes halogenated alkanes) is 1. The van der Waals surface area contributed by atoms with Crippen LogP contribution in [0.2, 0.25) is 0 Å². The monoisotopic (exact) mass is 457 g/mol. The molecule has 1 amide bonds. The van der Waals surface area contributed by atoms with E-state index in [0.717, 1.165) is 29.7 Å². The van der Waals surface area contributed by atoms with Gasteiger partial charge < -0.3 is 14.7 Å². The van der Waals surface area contributed by atoms with Gasteiger partial charge in [0.1, 0.15) is 11.5 Å². The second-order valence-electron chi connectivity index (χ2n) is 8.26. The fraction of sp³-hybridized carbons (Fsp3) is 0.259. The molecule has 0 radical (unpaired) electrons. The number of hydrogen-bond acceptors (Lipinski definition) is 6. The third-order valence-electron chi connectivity index (χ3n) is 5.82. The van der Waals surface area contributed by atoms with E-state index in [9.17, 15) is 14.7 Å². The molecule has 0 saturated carbocycles. The second-order valence-corrected chi connectivity index (χ2v) is 8.26. The van der Waals surface area contributed by atoms with E-state index in [4.69, 9.17) is 4.74 Å². The molecule has 1 atom stereocenters. The maximum absolute atomic E-state index is 13.2. The molecular weight excluding hydrogens is 430 g/mol. The highest BCUT2D eigenvalue weighted by Gasteiger charge is 2.46. The summed E-state index contributed by atoms with van der Waals surface area (Å²) >= 11 is 0. The Bertz CT molecular complexity index is 1210. The molecule has 3 aromatic rings. The van der Waals surface area contributed by atoms with E-state index < -0.39 is 17.7 Å². The lowest BCUT2D eigenvalue weighted by Crippen LogP contribution is -2.29. The first-order valence-corrected chi connectivity index (χ1v) is 11.3. The van der Waals surface area contributed by atoms with Crippen molar-refractivity contribution in [1.82, 2.24) is 14.9 Å². The van der Waals surface area contributed by atoms with E-state index in [2.05, 4.69) is 16.9 Å². The van der Waals surface area contributed by atoms with Gasteiger partial charge in [-0.3, -0.25) is 19.6 Å². The molecule has 3 heterocycles. The van der Waals surface area contributed by atoms with Gasteiger partial charge in [0.25, 0.3) is 11.7 Å². The number of aliphatic hydroxyl groups excluding tert-OH is 1. The minimum atomic E-state index is -0.769. The molecule has 2 aromatic heterocycles. The molecule has 1 aromatic carbocycles. The van der Waals surface area contributed by atoms with Crippen molar-refractivity contribution in [2.45, 2.75) is 39.3 Å². The van der Waals surface area contributed by atoms with Gasteiger partial charge in [-0.25, -0.2) is 0 Å². The summed E-state index contributed by atoms with van der Waals surface area (Å²) in [6.07, 6.45) is 8.51. The van der Waals surface area contributed by atoms with Gasteiger partial charge in [-0.05, 0) is 60.4 Å². The van der Waals surface area contributed by atoms with Crippen molar-refractivity contribution in [2.24, 2.45) is 0 Å². The number of Topliss-reactive ketones (excluding diaryl/α,β-unsaturated/α-hetero) is 1. The summed E-state index contributed by atoms with van der Waals surface area (Å²) in [5, 5.41) is 11.3. The number of rotatable bonds is 8. The fourth-order valence-corrected chi connectivity index (χ4v) is 4.06. The summed E-state index contributed by atoms with van der Waals surface area (Å²) < 4.78 is 5.81. The third-order valence-corrected chi connectivity index (χ3v) is 5.82. The Morgan fingerprint density at radius 2 is 1.85 bits per heavy atom. The summed E-state index contributed by atoms with van der Waals surface area (Å²) in [5.41, 5.74) is 2.75. The molecule has 1 fully saturated rings. The molecule has 34 heavy (non-hydrogen) atoms. The fourth-order valence-electron chi connectivity index (χ4n) is 4.06. The molecule has 0 spiro atoms. The van der Waals surface area contributed by atoms with Gasteiger partial charge in [0.15, 0.2) is 0 Å². The van der Waals surface area contributed by atoms with Crippen LogP contribution in [0, 0.1) is 6.92 Å². The van der Waals surface area contributed by atoms with Gasteiger partial charge in [0.05, 0.1) is 18.2 Å². The number of nitrogens with zero attached hydrogens (tertiary/aromatic N) is 3. The first-order chi connectivity index (χ1) is 16.5. The van der Waals surface area contributed by atoms with Crippen molar-refractivity contribution < 1.29 is 19.4 Å². The van der Waals surface area contributed by atoms with Gasteiger partial charge in [-0.15, -0.1) is 0 Å². The zero-order chi connectivity index (χ0) is 24.1. The van der Waals surface area contributed by atoms with Crippen molar-refractivity contribution in [2.75, 3.05) is 6.61 Å². The Morgan fingerprint density at radius 1 is 1.09 bits per heavy atom. The van der Waals surface area contributed by atoms with Crippen LogP contribution in [-0.4, -0.2) is 38.3 Å². The summed E-state index contributed by atoms with van der Waals surface area (Å²) in [4.78, 5) is 36.0. The normalized spacial score (nSPS) is 17.2. The molecule has 1 aliphatic heterocycles. The molecule has 0 aliphatic carbocycles. The molecule has 174 valence electrons. The van der Waals surface area contributed by atoms with Crippen LogP contribution in [-0.2, 0) is 16.1 Å². The molecule has 1 saturated heterocycles. The first-order valence-electron chi connectivity index (χ1n) is 11.3. The predicted octanol–water partition coefficient (Wildman–Crippen LogP) is 4.59. The van der Waals surface area contributed by atoms with Crippen LogP contribution in [0.4, 0.5) is 0 Å². The number of carbonyl (C=O) groups is 2. The number of ether oxygens (including phenoxy) is 1. The number of carbonyl (C=O) groups excluding carboxylic acids is 2. The quantitative estimate of drug-likeness (QED) is 0.230. The topological polar surface area (TPSA) is 92.6 Å². The molecule has 1 aliphatic rings. The van der Waals surface area contributed by atoms with Gasteiger partial charge >= 0.3 is 0 Å². The highest BCUT2D eigenvalue weighted by Crippen LogP contribution is 2.40. The molecule has 1 N–H and O–H groups in total. The van der Waals surface area contributed by atoms with Crippen molar-refractivity contribution in [3.8, 4) is 5.75 Å². The summed E-state index contributed by atoms with van der Waals surface area (Å²) in [7, 11) is 0. The van der Waals surface area contributed by atoms with E-state index >= 15 is 0 Å². The smallest absolute Gasteiger partial charge is 0.295 e. The van der Waals surface area contributed by atoms with E-state index in [1.807, 2.05) is 13.0 Å². The first kappa shape index (κ1) is 23.2. The van der Waals surface area contributed by atoms with E-state index in [1.54, 1.807) is 61.2 Å². The van der Waals surface area contributed by atoms with Gasteiger partial charge in [0.2, 0.25) is 0 Å². The Morgan fingerprint density at radius 3 is 2.50 bits per heavy atom. The Balaban J connectivity index is 1.76. The van der Waals surface area contributed by atoms with Crippen molar-refractivity contribution in [1.29, 1.82) is 0 Å². The SMILES string of the molecule is CCCCOc1ccc(/C(O)=C2\C(=O)C(=O)N(Cc3cccnc3)[C@H]2c2cccnc2)cc1C. The number of benzene rings is 1. The minimum Gasteiger partial charge on any atom is -0.507 e. The van der Waals surface area contributed by atoms with Crippen molar-refractivity contribution >= 4 is 17.4 Å². The van der Waals surface area contributed by atoms with Crippen LogP contribution in [0.25, 0.3) is 5.76 Å². The molecule has 4 rings (SSSR count). The highest BCUT2D eigenvalue weighted by molar-refractivity contribution is 6.46. The Hall–Kier alpha value is -4.00. The van der Waals surface area contributed by atoms with Crippen LogP contribution in [0.1, 0.15) is 48.1 Å². The van der Waals surface area contributed by atoms with E-state index in [0.29, 0.717) is 17.7 Å². The second kappa shape index (κ2) is 10.3. The Labute approximate surface area is 198 Å². The third kappa shape index (κ3) is 4.69. The summed E-state index contributed by atoms with van der Waals surface area (Å²) in [6, 6.07) is 11.6. The predicted molar refractivity (Wildman–Crippen MR) is 128 cm³/mol. The molecule has 0 unspecified atom stereocenters. The molecule has 0 bridgehead atoms. The van der Waals surface area contributed by atoms with Crippen LogP contribution in [0.5, 0.6) is 5.75 Å². The van der Waals surface area contributed by atoms with Crippen molar-refractivity contribution in [3.05, 3.63) is 95.1 Å². The zero-order valence-corrected chi connectivity index (χ0v) is 19.3. The lowest BCUT2D eigenvalue weighted by atomic mass is 9.95. The number of pyridine rings is 2. The number of aromatic nitrogens is 2. The van der Waals surface area contributed by atoms with Crippen LogP contribution in [0.3, 0.4) is 0 Å². The molecule has 7 nitrogen and oxygen atoms in total. The summed E-state index contributed by atoms with van der Waals surface area (Å²) in [6.45, 7) is 4.78. The number of likely N-dealkylation sites (tertiary alicyclic amines) is 1. The van der Waals surface area contributed by atoms with Crippen molar-refractivity contribution in [3.63, 3.8) is 0 Å². The maximum Gasteiger partial charge on any atom is 0.295 e. The zero-order valence-electron chi connectivity index (χ0n) is 19.3. The largest absolute Gasteiger partial charge is 0.507 e. The molecular formula is C27H27N3O4. The van der Waals surface area contributed by atoms with Gasteiger partial charge in [-0.1, -0.05) is 25.5 Å². The lowest BCUT2D eigenvalue weighted by molar-refractivity contribution is -0.140. The van der Waals surface area contributed by atoms with E-state index in [-0.39, 0.29) is 17.9 Å². The van der Waals surface area contributed by atoms with Crippen LogP contribution < -0.4 is 4.74 Å². The number of hydrogen-bond donors (Lipinski definition) is 1. The number of ketones is 1. The van der Waals surface area contributed by atoms with Crippen LogP contribution in [0.15, 0.2) is 72.8 Å². The standard InChI is InChI=1S/C27H27N3O4/c1-3-4-13-34-22-10-9-20(14-18(22)2)25(31)23-24(21-8-6-12-29-16-21)30(27(33)26(23)32)17-19-7-5-11-28-15-19/h5-12,14-16,24,31H,3-4,13,17H2,1-2H3/b25-23+/t24-/m0/s1. The van der Waals surface area contributed by atoms with E-state index in [1.165, 1.54) is 4.90 Å². The van der Waals surface area contributed by atoms with Crippen LogP contribution >= 0.6 is 0 Å². The number of aryl methyl sites for hydroxylation is 1. The number of amides is 1.